The number of ether oxygens (including phenoxy) is 1. The molecule has 0 aliphatic carbocycles. The molecule has 1 amide bonds. The van der Waals surface area contributed by atoms with Crippen molar-refractivity contribution in [3.05, 3.63) is 0 Å². The van der Waals surface area contributed by atoms with Gasteiger partial charge in [0.25, 0.3) is 0 Å². The molecule has 0 aromatic heterocycles. The maximum absolute atomic E-state index is 11.7. The van der Waals surface area contributed by atoms with Gasteiger partial charge in [0.2, 0.25) is 5.91 Å². The van der Waals surface area contributed by atoms with Crippen LogP contribution in [0, 0.1) is 11.3 Å². The van der Waals surface area contributed by atoms with Crippen LogP contribution in [0.2, 0.25) is 0 Å². The molecule has 0 aromatic rings. The normalized spacial score (nSPS) is 14.2. The number of rotatable bonds is 4. The van der Waals surface area contributed by atoms with Crippen molar-refractivity contribution in [2.45, 2.75) is 40.7 Å². The van der Waals surface area contributed by atoms with E-state index in [-0.39, 0.29) is 17.4 Å². The largest absolute Gasteiger partial charge is 0.383 e. The lowest BCUT2D eigenvalue weighted by atomic mass is 9.94. The van der Waals surface area contributed by atoms with Crippen molar-refractivity contribution in [2.75, 3.05) is 13.7 Å². The summed E-state index contributed by atoms with van der Waals surface area (Å²) < 4.78 is 5.06. The summed E-state index contributed by atoms with van der Waals surface area (Å²) >= 11 is 0. The molecule has 1 atom stereocenters. The first kappa shape index (κ1) is 13.4. The van der Waals surface area contributed by atoms with Gasteiger partial charge in [0.1, 0.15) is 0 Å². The third-order valence-electron chi connectivity index (χ3n) is 2.15. The van der Waals surface area contributed by atoms with Gasteiger partial charge in [-0.25, -0.2) is 0 Å². The van der Waals surface area contributed by atoms with E-state index in [9.17, 15) is 4.79 Å². The minimum atomic E-state index is -0.332. The van der Waals surface area contributed by atoms with E-state index in [1.54, 1.807) is 7.11 Å². The quantitative estimate of drug-likeness (QED) is 0.753. The number of hydrogen-bond acceptors (Lipinski definition) is 2. The van der Waals surface area contributed by atoms with Gasteiger partial charge in [-0.05, 0) is 5.92 Å². The monoisotopic (exact) mass is 201 g/mol. The summed E-state index contributed by atoms with van der Waals surface area (Å²) in [5.74, 6) is 0.467. The zero-order chi connectivity index (χ0) is 11.4. The minimum absolute atomic E-state index is 0.0771. The Morgan fingerprint density at radius 1 is 1.36 bits per heavy atom. The van der Waals surface area contributed by atoms with Crippen molar-refractivity contribution in [1.82, 2.24) is 5.32 Å². The van der Waals surface area contributed by atoms with E-state index >= 15 is 0 Å². The predicted octanol–water partition coefficient (Wildman–Crippen LogP) is 1.82. The Kier molecular flexibility index (Phi) is 5.13. The van der Waals surface area contributed by atoms with Crippen molar-refractivity contribution in [2.24, 2.45) is 11.3 Å². The van der Waals surface area contributed by atoms with Crippen molar-refractivity contribution in [3.63, 3.8) is 0 Å². The summed E-state index contributed by atoms with van der Waals surface area (Å²) in [6.07, 6.45) is 0. The lowest BCUT2D eigenvalue weighted by molar-refractivity contribution is -0.130. The van der Waals surface area contributed by atoms with Crippen molar-refractivity contribution in [3.8, 4) is 0 Å². The molecule has 0 spiro atoms. The Bertz CT molecular complexity index is 182. The number of hydrogen-bond donors (Lipinski definition) is 1. The zero-order valence-corrected chi connectivity index (χ0v) is 10.2. The van der Waals surface area contributed by atoms with E-state index in [0.717, 1.165) is 0 Å². The van der Waals surface area contributed by atoms with Crippen molar-refractivity contribution < 1.29 is 9.53 Å². The molecule has 0 radical (unpaired) electrons. The second kappa shape index (κ2) is 5.35. The fourth-order valence-corrected chi connectivity index (χ4v) is 0.965. The second-order valence-electron chi connectivity index (χ2n) is 5.03. The third kappa shape index (κ3) is 4.61. The number of methoxy groups -OCH3 is 1. The van der Waals surface area contributed by atoms with Crippen LogP contribution in [0.15, 0.2) is 0 Å². The summed E-state index contributed by atoms with van der Waals surface area (Å²) in [4.78, 5) is 11.7. The first-order chi connectivity index (χ1) is 6.29. The van der Waals surface area contributed by atoms with Crippen molar-refractivity contribution in [1.29, 1.82) is 0 Å². The van der Waals surface area contributed by atoms with Gasteiger partial charge in [0.15, 0.2) is 0 Å². The van der Waals surface area contributed by atoms with E-state index in [4.69, 9.17) is 4.74 Å². The number of carbonyl (C=O) groups excluding carboxylic acids is 1. The molecule has 3 heteroatoms. The average molecular weight is 201 g/mol. The molecule has 1 unspecified atom stereocenters. The van der Waals surface area contributed by atoms with E-state index < -0.39 is 0 Å². The van der Waals surface area contributed by atoms with Gasteiger partial charge in [-0.15, -0.1) is 0 Å². The summed E-state index contributed by atoms with van der Waals surface area (Å²) in [5, 5.41) is 2.99. The highest BCUT2D eigenvalue weighted by Crippen LogP contribution is 2.14. The molecule has 0 fully saturated rings. The molecule has 14 heavy (non-hydrogen) atoms. The summed E-state index contributed by atoms with van der Waals surface area (Å²) in [5.41, 5.74) is -0.332. The van der Waals surface area contributed by atoms with E-state index in [0.29, 0.717) is 12.5 Å². The van der Waals surface area contributed by atoms with Crippen LogP contribution in [0.1, 0.15) is 34.6 Å². The fraction of sp³-hybridized carbons (Fsp3) is 0.909. The minimum Gasteiger partial charge on any atom is -0.383 e. The number of amides is 1. The van der Waals surface area contributed by atoms with Gasteiger partial charge in [0, 0.05) is 12.5 Å². The van der Waals surface area contributed by atoms with Gasteiger partial charge in [-0.3, -0.25) is 4.79 Å². The molecule has 84 valence electrons. The zero-order valence-electron chi connectivity index (χ0n) is 10.2. The number of carbonyl (C=O) groups is 1. The number of nitrogens with one attached hydrogen (secondary N) is 1. The second-order valence-corrected chi connectivity index (χ2v) is 5.03. The van der Waals surface area contributed by atoms with Crippen LogP contribution in [0.5, 0.6) is 0 Å². The molecule has 0 aliphatic heterocycles. The molecular formula is C11H23NO2. The predicted molar refractivity (Wildman–Crippen MR) is 58.1 cm³/mol. The van der Waals surface area contributed by atoms with Gasteiger partial charge in [-0.1, -0.05) is 34.6 Å². The van der Waals surface area contributed by atoms with Crippen molar-refractivity contribution >= 4 is 5.91 Å². The molecule has 1 N–H and O–H groups in total. The van der Waals surface area contributed by atoms with Crippen LogP contribution in [0.3, 0.4) is 0 Å². The van der Waals surface area contributed by atoms with Gasteiger partial charge < -0.3 is 10.1 Å². The average Bonchev–Trinajstić information content (AvgIpc) is 2.01. The highest BCUT2D eigenvalue weighted by Gasteiger charge is 2.25. The highest BCUT2D eigenvalue weighted by molar-refractivity contribution is 5.81. The molecule has 0 heterocycles. The van der Waals surface area contributed by atoms with Crippen LogP contribution in [-0.4, -0.2) is 25.7 Å². The smallest absolute Gasteiger partial charge is 0.225 e. The van der Waals surface area contributed by atoms with E-state index in [1.165, 1.54) is 0 Å². The van der Waals surface area contributed by atoms with E-state index in [2.05, 4.69) is 19.2 Å². The van der Waals surface area contributed by atoms with Gasteiger partial charge >= 0.3 is 0 Å². The molecule has 0 bridgehead atoms. The molecule has 0 saturated heterocycles. The topological polar surface area (TPSA) is 38.3 Å². The molecule has 0 saturated carbocycles. The first-order valence-electron chi connectivity index (χ1n) is 5.09. The van der Waals surface area contributed by atoms with Crippen LogP contribution >= 0.6 is 0 Å². The summed E-state index contributed by atoms with van der Waals surface area (Å²) in [6.45, 7) is 10.4. The molecule has 0 aliphatic rings. The van der Waals surface area contributed by atoms with Crippen LogP contribution in [0.4, 0.5) is 0 Å². The summed E-state index contributed by atoms with van der Waals surface area (Å²) in [7, 11) is 1.65. The highest BCUT2D eigenvalue weighted by atomic mass is 16.5. The van der Waals surface area contributed by atoms with E-state index in [1.807, 2.05) is 20.8 Å². The lowest BCUT2D eigenvalue weighted by Gasteiger charge is -2.26. The maximum Gasteiger partial charge on any atom is 0.225 e. The van der Waals surface area contributed by atoms with Crippen LogP contribution in [0.25, 0.3) is 0 Å². The van der Waals surface area contributed by atoms with Gasteiger partial charge in [0.05, 0.1) is 12.6 Å². The lowest BCUT2D eigenvalue weighted by Crippen LogP contribution is -2.46. The Labute approximate surface area is 87.2 Å². The molecule has 0 rings (SSSR count). The van der Waals surface area contributed by atoms with Crippen LogP contribution in [-0.2, 0) is 9.53 Å². The third-order valence-corrected chi connectivity index (χ3v) is 2.15. The van der Waals surface area contributed by atoms with Gasteiger partial charge in [-0.2, -0.15) is 0 Å². The SMILES string of the molecule is COCC(NC(=O)C(C)(C)C)C(C)C. The standard InChI is InChI=1S/C11H23NO2/c1-8(2)9(7-14-6)12-10(13)11(3,4)5/h8-9H,7H2,1-6H3,(H,12,13). The first-order valence-corrected chi connectivity index (χ1v) is 5.09. The molecule has 0 aromatic carbocycles. The Hall–Kier alpha value is -0.570. The Morgan fingerprint density at radius 3 is 2.14 bits per heavy atom. The molecular weight excluding hydrogens is 178 g/mol. The Morgan fingerprint density at radius 2 is 1.86 bits per heavy atom. The van der Waals surface area contributed by atoms with Crippen LogP contribution < -0.4 is 5.32 Å². The maximum atomic E-state index is 11.7. The summed E-state index contributed by atoms with van der Waals surface area (Å²) in [6, 6.07) is 0.103. The Balaban J connectivity index is 4.24. The fourth-order valence-electron chi connectivity index (χ4n) is 0.965. The molecule has 3 nitrogen and oxygen atoms in total.